The number of hydrogen-bond acceptors (Lipinski definition) is 3. The molecular formula is C27H25N3O2. The van der Waals surface area contributed by atoms with Crippen LogP contribution in [0, 0.1) is 0 Å². The highest BCUT2D eigenvalue weighted by atomic mass is 16.3. The van der Waals surface area contributed by atoms with Gasteiger partial charge in [0.2, 0.25) is 0 Å². The fourth-order valence-electron chi connectivity index (χ4n) is 4.48. The van der Waals surface area contributed by atoms with Gasteiger partial charge in [-0.3, -0.25) is 9.89 Å². The van der Waals surface area contributed by atoms with E-state index in [1.54, 1.807) is 12.1 Å². The number of aromatic hydroxyl groups is 1. The number of fused-ring (bicyclic) bond motifs is 1. The Morgan fingerprint density at radius 1 is 0.938 bits per heavy atom. The van der Waals surface area contributed by atoms with Gasteiger partial charge in [0.15, 0.2) is 0 Å². The van der Waals surface area contributed by atoms with Crippen molar-refractivity contribution in [1.82, 2.24) is 15.1 Å². The van der Waals surface area contributed by atoms with Gasteiger partial charge in [-0.2, -0.15) is 5.10 Å². The number of aromatic amines is 1. The molecule has 0 spiro atoms. The topological polar surface area (TPSA) is 69.2 Å². The van der Waals surface area contributed by atoms with E-state index in [0.29, 0.717) is 23.5 Å². The van der Waals surface area contributed by atoms with Crippen molar-refractivity contribution in [1.29, 1.82) is 0 Å². The average Bonchev–Trinajstić information content (AvgIpc) is 3.37. The van der Waals surface area contributed by atoms with Crippen LogP contribution in [0.25, 0.3) is 11.3 Å². The summed E-state index contributed by atoms with van der Waals surface area (Å²) in [5, 5.41) is 17.9. The van der Waals surface area contributed by atoms with Gasteiger partial charge >= 0.3 is 0 Å². The van der Waals surface area contributed by atoms with E-state index >= 15 is 0 Å². The van der Waals surface area contributed by atoms with E-state index in [-0.39, 0.29) is 17.7 Å². The average molecular weight is 424 g/mol. The number of carbonyl (C=O) groups is 1. The molecule has 1 aliphatic rings. The van der Waals surface area contributed by atoms with E-state index in [1.807, 2.05) is 35.2 Å². The minimum Gasteiger partial charge on any atom is -0.507 e. The van der Waals surface area contributed by atoms with Crippen LogP contribution in [0.2, 0.25) is 0 Å². The van der Waals surface area contributed by atoms with Crippen LogP contribution in [0.3, 0.4) is 0 Å². The fourth-order valence-corrected chi connectivity index (χ4v) is 4.48. The van der Waals surface area contributed by atoms with E-state index in [1.165, 1.54) is 11.1 Å². The van der Waals surface area contributed by atoms with Crippen molar-refractivity contribution in [2.45, 2.75) is 25.8 Å². The number of rotatable bonds is 6. The van der Waals surface area contributed by atoms with Crippen LogP contribution in [0.15, 0.2) is 78.9 Å². The van der Waals surface area contributed by atoms with Gasteiger partial charge in [0.05, 0.1) is 6.04 Å². The molecule has 1 aromatic heterocycles. The van der Waals surface area contributed by atoms with Gasteiger partial charge in [0, 0.05) is 17.7 Å². The highest BCUT2D eigenvalue weighted by Crippen LogP contribution is 2.44. The molecule has 5 heteroatoms. The monoisotopic (exact) mass is 423 g/mol. The summed E-state index contributed by atoms with van der Waals surface area (Å²) >= 11 is 0. The number of para-hydroxylation sites is 1. The molecule has 160 valence electrons. The van der Waals surface area contributed by atoms with Gasteiger partial charge in [-0.25, -0.2) is 0 Å². The Morgan fingerprint density at radius 2 is 1.66 bits per heavy atom. The molecule has 1 amide bonds. The Hall–Kier alpha value is -3.86. The van der Waals surface area contributed by atoms with Crippen molar-refractivity contribution in [2.75, 3.05) is 6.54 Å². The summed E-state index contributed by atoms with van der Waals surface area (Å²) in [5.74, 6) is 0.0896. The molecule has 0 bridgehead atoms. The smallest absolute Gasteiger partial charge is 0.273 e. The molecule has 3 aromatic carbocycles. The van der Waals surface area contributed by atoms with E-state index in [9.17, 15) is 9.90 Å². The Balaban J connectivity index is 1.59. The number of carbonyl (C=O) groups excluding carboxylic acids is 1. The first-order chi connectivity index (χ1) is 15.7. The number of benzene rings is 3. The molecule has 1 aliphatic heterocycles. The molecule has 5 rings (SSSR count). The SMILES string of the molecule is CCc1ccc(C2c3c(-c4ccccc4O)n[nH]c3C(=O)N2CCc2ccccc2)cc1. The van der Waals surface area contributed by atoms with Crippen LogP contribution in [0.4, 0.5) is 0 Å². The molecule has 0 saturated carbocycles. The fraction of sp³-hybridized carbons (Fsp3) is 0.185. The maximum Gasteiger partial charge on any atom is 0.273 e. The van der Waals surface area contributed by atoms with Gasteiger partial charge in [0.25, 0.3) is 5.91 Å². The number of phenolic OH excluding ortho intramolecular Hbond substituents is 1. The first-order valence-electron chi connectivity index (χ1n) is 11.0. The zero-order valence-corrected chi connectivity index (χ0v) is 18.0. The van der Waals surface area contributed by atoms with Crippen molar-refractivity contribution in [3.63, 3.8) is 0 Å². The molecule has 5 nitrogen and oxygen atoms in total. The Morgan fingerprint density at radius 3 is 2.38 bits per heavy atom. The number of nitrogens with zero attached hydrogens (tertiary/aromatic N) is 2. The maximum absolute atomic E-state index is 13.4. The van der Waals surface area contributed by atoms with Crippen LogP contribution < -0.4 is 0 Å². The largest absolute Gasteiger partial charge is 0.507 e. The number of aryl methyl sites for hydroxylation is 1. The van der Waals surface area contributed by atoms with Gasteiger partial charge in [-0.15, -0.1) is 0 Å². The van der Waals surface area contributed by atoms with Crippen LogP contribution in [0.1, 0.15) is 45.7 Å². The third kappa shape index (κ3) is 3.46. The second kappa shape index (κ2) is 8.35. The van der Waals surface area contributed by atoms with E-state index in [0.717, 1.165) is 24.0 Å². The Bertz CT molecular complexity index is 1250. The quantitative estimate of drug-likeness (QED) is 0.452. The van der Waals surface area contributed by atoms with E-state index in [4.69, 9.17) is 0 Å². The normalized spacial score (nSPS) is 15.2. The lowest BCUT2D eigenvalue weighted by Gasteiger charge is -2.26. The predicted molar refractivity (Wildman–Crippen MR) is 125 cm³/mol. The van der Waals surface area contributed by atoms with Crippen molar-refractivity contribution in [3.05, 3.63) is 107 Å². The number of phenols is 1. The first kappa shape index (κ1) is 20.1. The highest BCUT2D eigenvalue weighted by molar-refractivity contribution is 6.00. The van der Waals surface area contributed by atoms with Gasteiger partial charge < -0.3 is 10.0 Å². The molecule has 2 heterocycles. The molecule has 1 atom stereocenters. The van der Waals surface area contributed by atoms with Gasteiger partial charge in [0.1, 0.15) is 17.1 Å². The molecule has 4 aromatic rings. The van der Waals surface area contributed by atoms with Gasteiger partial charge in [-0.1, -0.05) is 73.7 Å². The zero-order valence-electron chi connectivity index (χ0n) is 18.0. The molecule has 0 saturated heterocycles. The van der Waals surface area contributed by atoms with Crippen LogP contribution in [-0.4, -0.2) is 32.7 Å². The van der Waals surface area contributed by atoms with Crippen LogP contribution in [-0.2, 0) is 12.8 Å². The van der Waals surface area contributed by atoms with Crippen molar-refractivity contribution in [2.24, 2.45) is 0 Å². The van der Waals surface area contributed by atoms with Crippen LogP contribution in [0.5, 0.6) is 5.75 Å². The summed E-state index contributed by atoms with van der Waals surface area (Å²) in [6, 6.07) is 25.5. The number of amides is 1. The zero-order chi connectivity index (χ0) is 22.1. The third-order valence-electron chi connectivity index (χ3n) is 6.21. The summed E-state index contributed by atoms with van der Waals surface area (Å²) in [6.07, 6.45) is 1.72. The predicted octanol–water partition coefficient (Wildman–Crippen LogP) is 5.13. The van der Waals surface area contributed by atoms with E-state index in [2.05, 4.69) is 53.5 Å². The molecule has 0 fully saturated rings. The lowest BCUT2D eigenvalue weighted by Crippen LogP contribution is -2.31. The number of hydrogen-bond donors (Lipinski definition) is 2. The number of nitrogens with one attached hydrogen (secondary N) is 1. The van der Waals surface area contributed by atoms with E-state index < -0.39 is 0 Å². The summed E-state index contributed by atoms with van der Waals surface area (Å²) in [6.45, 7) is 2.72. The van der Waals surface area contributed by atoms with Crippen molar-refractivity contribution < 1.29 is 9.90 Å². The summed E-state index contributed by atoms with van der Waals surface area (Å²) in [7, 11) is 0. The number of H-pyrrole nitrogens is 1. The molecule has 2 N–H and O–H groups in total. The summed E-state index contributed by atoms with van der Waals surface area (Å²) in [5.41, 5.74) is 6.06. The summed E-state index contributed by atoms with van der Waals surface area (Å²) < 4.78 is 0. The van der Waals surface area contributed by atoms with Gasteiger partial charge in [-0.05, 0) is 41.7 Å². The second-order valence-corrected chi connectivity index (χ2v) is 8.11. The second-order valence-electron chi connectivity index (χ2n) is 8.11. The third-order valence-corrected chi connectivity index (χ3v) is 6.21. The lowest BCUT2D eigenvalue weighted by molar-refractivity contribution is 0.0746. The maximum atomic E-state index is 13.4. The minimum atomic E-state index is -0.263. The standard InChI is InChI=1S/C27H25N3O2/c1-2-18-12-14-20(15-13-18)26-23-24(21-10-6-7-11-22(21)31)28-29-25(23)27(32)30(26)17-16-19-8-4-3-5-9-19/h3-15,26,31H,2,16-17H2,1H3,(H,28,29). The molecule has 0 radical (unpaired) electrons. The Labute approximate surface area is 187 Å². The first-order valence-corrected chi connectivity index (χ1v) is 11.0. The van der Waals surface area contributed by atoms with Crippen LogP contribution >= 0.6 is 0 Å². The molecule has 0 aliphatic carbocycles. The molecular weight excluding hydrogens is 398 g/mol. The molecule has 32 heavy (non-hydrogen) atoms. The summed E-state index contributed by atoms with van der Waals surface area (Å²) in [4.78, 5) is 15.4. The van der Waals surface area contributed by atoms with Crippen molar-refractivity contribution in [3.8, 4) is 17.0 Å². The lowest BCUT2D eigenvalue weighted by atomic mass is 9.94. The Kier molecular flexibility index (Phi) is 5.23. The number of aromatic nitrogens is 2. The highest BCUT2D eigenvalue weighted by Gasteiger charge is 2.42. The van der Waals surface area contributed by atoms with Crippen molar-refractivity contribution >= 4 is 5.91 Å². The molecule has 1 unspecified atom stereocenters. The minimum absolute atomic E-state index is 0.0605.